The van der Waals surface area contributed by atoms with E-state index in [2.05, 4.69) is 57.3 Å². The molecule has 1 aromatic carbocycles. The molecule has 15 heavy (non-hydrogen) atoms. The molecule has 0 fully saturated rings. The van der Waals surface area contributed by atoms with Gasteiger partial charge >= 0.3 is 0 Å². The van der Waals surface area contributed by atoms with E-state index in [-0.39, 0.29) is 0 Å². The zero-order valence-electron chi connectivity index (χ0n) is 8.33. The van der Waals surface area contributed by atoms with Gasteiger partial charge in [-0.25, -0.2) is 0 Å². The highest BCUT2D eigenvalue weighted by Crippen LogP contribution is 2.40. The molecule has 74 valence electrons. The summed E-state index contributed by atoms with van der Waals surface area (Å²) in [6.07, 6.45) is 6.65. The topological polar surface area (TPSA) is 0 Å². The van der Waals surface area contributed by atoms with Crippen LogP contribution in [0.15, 0.2) is 52.5 Å². The highest BCUT2D eigenvalue weighted by atomic mass is 79.9. The fraction of sp³-hybridized carbons (Fsp3) is 0.143. The quantitative estimate of drug-likeness (QED) is 0.653. The monoisotopic (exact) mass is 258 g/mol. The van der Waals surface area contributed by atoms with Crippen molar-refractivity contribution < 1.29 is 0 Å². The van der Waals surface area contributed by atoms with Crippen molar-refractivity contribution in [3.63, 3.8) is 0 Å². The largest absolute Gasteiger partial charge is 0.0795 e. The molecule has 2 aliphatic rings. The van der Waals surface area contributed by atoms with Gasteiger partial charge in [0, 0.05) is 0 Å². The number of hydrogen-bond donors (Lipinski definition) is 0. The van der Waals surface area contributed by atoms with Crippen molar-refractivity contribution in [1.82, 2.24) is 0 Å². The van der Waals surface area contributed by atoms with Gasteiger partial charge in [0.05, 0.1) is 0 Å². The Morgan fingerprint density at radius 3 is 2.93 bits per heavy atom. The highest BCUT2D eigenvalue weighted by molar-refractivity contribution is 9.11. The van der Waals surface area contributed by atoms with E-state index in [1.54, 1.807) is 0 Å². The van der Waals surface area contributed by atoms with Crippen molar-refractivity contribution in [3.05, 3.63) is 63.7 Å². The number of fused-ring (bicyclic) bond motifs is 2. The third-order valence-electron chi connectivity index (χ3n) is 3.14. The fourth-order valence-electron chi connectivity index (χ4n) is 2.40. The molecule has 0 amide bonds. The Morgan fingerprint density at radius 2 is 2.07 bits per heavy atom. The normalized spacial score (nSPS) is 20.7. The first-order chi connectivity index (χ1) is 7.40. The molecule has 0 atom stereocenters. The van der Waals surface area contributed by atoms with Crippen molar-refractivity contribution in [2.75, 3.05) is 0 Å². The maximum absolute atomic E-state index is 3.46. The van der Waals surface area contributed by atoms with Crippen molar-refractivity contribution in [2.24, 2.45) is 0 Å². The maximum atomic E-state index is 3.46. The van der Waals surface area contributed by atoms with Crippen LogP contribution >= 0.6 is 15.9 Å². The van der Waals surface area contributed by atoms with Crippen molar-refractivity contribution in [2.45, 2.75) is 12.8 Å². The molecule has 1 aromatic rings. The number of benzene rings is 1. The smallest absolute Gasteiger partial charge is 0.00104 e. The molecule has 0 nitrogen and oxygen atoms in total. The molecule has 0 heterocycles. The summed E-state index contributed by atoms with van der Waals surface area (Å²) in [6, 6.07) is 8.69. The SMILES string of the molecule is BrC=C1CC=CC2=C1Cc1ccccc12. The lowest BCUT2D eigenvalue weighted by Crippen LogP contribution is -1.93. The third-order valence-corrected chi connectivity index (χ3v) is 3.69. The van der Waals surface area contributed by atoms with Crippen LogP contribution in [0.3, 0.4) is 0 Å². The molecule has 1 heteroatoms. The van der Waals surface area contributed by atoms with Gasteiger partial charge in [-0.3, -0.25) is 0 Å². The average Bonchev–Trinajstić information content (AvgIpc) is 2.67. The molecule has 0 saturated heterocycles. The van der Waals surface area contributed by atoms with Crippen LogP contribution in [0.5, 0.6) is 0 Å². The zero-order chi connectivity index (χ0) is 10.3. The predicted octanol–water partition coefficient (Wildman–Crippen LogP) is 4.24. The van der Waals surface area contributed by atoms with Crippen LogP contribution in [0.25, 0.3) is 5.57 Å². The molecule has 0 radical (unpaired) electrons. The molecule has 0 bridgehead atoms. The highest BCUT2D eigenvalue weighted by Gasteiger charge is 2.23. The van der Waals surface area contributed by atoms with Crippen LogP contribution in [0.2, 0.25) is 0 Å². The molecule has 0 unspecified atom stereocenters. The van der Waals surface area contributed by atoms with Gasteiger partial charge in [0.25, 0.3) is 0 Å². The zero-order valence-corrected chi connectivity index (χ0v) is 9.92. The van der Waals surface area contributed by atoms with Gasteiger partial charge in [-0.05, 0) is 45.7 Å². The van der Waals surface area contributed by atoms with E-state index in [0.717, 1.165) is 12.8 Å². The lowest BCUT2D eigenvalue weighted by atomic mass is 9.94. The van der Waals surface area contributed by atoms with E-state index in [4.69, 9.17) is 0 Å². The van der Waals surface area contributed by atoms with E-state index >= 15 is 0 Å². The predicted molar refractivity (Wildman–Crippen MR) is 67.8 cm³/mol. The van der Waals surface area contributed by atoms with Gasteiger partial charge in [0.15, 0.2) is 0 Å². The Bertz CT molecular complexity index is 504. The minimum Gasteiger partial charge on any atom is -0.0795 e. The summed E-state index contributed by atoms with van der Waals surface area (Å²) in [6.45, 7) is 0. The standard InChI is InChI=1S/C14H11Br/c15-9-11-5-3-7-13-12-6-2-1-4-10(12)8-14(11)13/h1-4,6-7,9H,5,8H2. The second-order valence-corrected chi connectivity index (χ2v) is 4.42. The van der Waals surface area contributed by atoms with E-state index < -0.39 is 0 Å². The second-order valence-electron chi connectivity index (χ2n) is 3.97. The summed E-state index contributed by atoms with van der Waals surface area (Å²) in [4.78, 5) is 2.07. The summed E-state index contributed by atoms with van der Waals surface area (Å²) in [5.74, 6) is 0. The van der Waals surface area contributed by atoms with Crippen molar-refractivity contribution >= 4 is 21.5 Å². The molecule has 0 aliphatic heterocycles. The molecule has 0 N–H and O–H groups in total. The minimum absolute atomic E-state index is 1.05. The van der Waals surface area contributed by atoms with Gasteiger partial charge in [0.2, 0.25) is 0 Å². The number of rotatable bonds is 0. The first kappa shape index (κ1) is 9.17. The Hall–Kier alpha value is -1.08. The molecule has 3 rings (SSSR count). The molecular weight excluding hydrogens is 248 g/mol. The van der Waals surface area contributed by atoms with E-state index in [9.17, 15) is 0 Å². The van der Waals surface area contributed by atoms with Crippen LogP contribution in [0.4, 0.5) is 0 Å². The molecule has 0 saturated carbocycles. The van der Waals surface area contributed by atoms with Crippen molar-refractivity contribution in [3.8, 4) is 0 Å². The van der Waals surface area contributed by atoms with Crippen LogP contribution in [0, 0.1) is 0 Å². The third kappa shape index (κ3) is 1.34. The van der Waals surface area contributed by atoms with Crippen LogP contribution in [0.1, 0.15) is 17.5 Å². The van der Waals surface area contributed by atoms with Gasteiger partial charge in [-0.15, -0.1) is 0 Å². The summed E-state index contributed by atoms with van der Waals surface area (Å²) in [5.41, 5.74) is 7.21. The maximum Gasteiger partial charge on any atom is -0.00104 e. The van der Waals surface area contributed by atoms with Crippen LogP contribution in [-0.2, 0) is 6.42 Å². The van der Waals surface area contributed by atoms with E-state index in [1.807, 2.05) is 0 Å². The summed E-state index contributed by atoms with van der Waals surface area (Å²) in [5, 5.41) is 0. The number of halogens is 1. The van der Waals surface area contributed by atoms with Gasteiger partial charge in [-0.2, -0.15) is 0 Å². The number of hydrogen-bond acceptors (Lipinski definition) is 0. The second kappa shape index (κ2) is 3.49. The summed E-state index contributed by atoms with van der Waals surface area (Å²) < 4.78 is 0. The fourth-order valence-corrected chi connectivity index (χ4v) is 2.86. The molecule has 0 aromatic heterocycles. The minimum atomic E-state index is 1.05. The molecule has 0 spiro atoms. The Morgan fingerprint density at radius 1 is 1.20 bits per heavy atom. The lowest BCUT2D eigenvalue weighted by molar-refractivity contribution is 1.13. The first-order valence-electron chi connectivity index (χ1n) is 5.18. The molecule has 2 aliphatic carbocycles. The molecular formula is C14H11Br. The van der Waals surface area contributed by atoms with Gasteiger partial charge < -0.3 is 0 Å². The first-order valence-corrected chi connectivity index (χ1v) is 6.09. The van der Waals surface area contributed by atoms with E-state index in [0.29, 0.717) is 0 Å². The van der Waals surface area contributed by atoms with E-state index in [1.165, 1.54) is 27.8 Å². The Kier molecular flexibility index (Phi) is 2.14. The summed E-state index contributed by atoms with van der Waals surface area (Å²) >= 11 is 3.46. The number of allylic oxidation sites excluding steroid dienone is 5. The summed E-state index contributed by atoms with van der Waals surface area (Å²) in [7, 11) is 0. The van der Waals surface area contributed by atoms with Crippen LogP contribution in [-0.4, -0.2) is 0 Å². The Labute approximate surface area is 98.1 Å². The lowest BCUT2D eigenvalue weighted by Gasteiger charge is -2.11. The Balaban J connectivity index is 2.19. The van der Waals surface area contributed by atoms with Gasteiger partial charge in [0.1, 0.15) is 0 Å². The van der Waals surface area contributed by atoms with Crippen molar-refractivity contribution in [1.29, 1.82) is 0 Å². The van der Waals surface area contributed by atoms with Crippen LogP contribution < -0.4 is 0 Å². The van der Waals surface area contributed by atoms with Gasteiger partial charge in [-0.1, -0.05) is 52.3 Å². The average molecular weight is 259 g/mol.